The van der Waals surface area contributed by atoms with Gasteiger partial charge in [0.1, 0.15) is 0 Å². The van der Waals surface area contributed by atoms with Gasteiger partial charge in [-0.25, -0.2) is 4.98 Å². The molecule has 1 fully saturated rings. The number of hydrogen-bond acceptors (Lipinski definition) is 4. The first kappa shape index (κ1) is 13.1. The van der Waals surface area contributed by atoms with Crippen LogP contribution in [0, 0.1) is 5.92 Å². The van der Waals surface area contributed by atoms with Gasteiger partial charge < -0.3 is 10.6 Å². The minimum absolute atomic E-state index is 0.134. The first-order chi connectivity index (χ1) is 9.72. The first-order valence-electron chi connectivity index (χ1n) is 6.78. The zero-order valence-electron chi connectivity index (χ0n) is 11.3. The van der Waals surface area contributed by atoms with Crippen LogP contribution in [0.3, 0.4) is 0 Å². The van der Waals surface area contributed by atoms with Gasteiger partial charge in [0.25, 0.3) is 0 Å². The van der Waals surface area contributed by atoms with E-state index in [-0.39, 0.29) is 17.9 Å². The molecule has 3 rings (SSSR count). The summed E-state index contributed by atoms with van der Waals surface area (Å²) in [7, 11) is 0. The molecule has 1 aliphatic carbocycles. The Balaban J connectivity index is 1.66. The summed E-state index contributed by atoms with van der Waals surface area (Å²) in [4.78, 5) is 16.1. The molecule has 1 heterocycles. The lowest BCUT2D eigenvalue weighted by Crippen LogP contribution is -2.13. The van der Waals surface area contributed by atoms with E-state index in [1.807, 2.05) is 35.2 Å². The van der Waals surface area contributed by atoms with Gasteiger partial charge in [0.2, 0.25) is 5.91 Å². The fraction of sp³-hybridized carbons (Fsp3) is 0.333. The largest absolute Gasteiger partial charge is 0.377 e. The average Bonchev–Trinajstić information content (AvgIpc) is 3.14. The van der Waals surface area contributed by atoms with E-state index in [9.17, 15) is 4.79 Å². The third-order valence-corrected chi connectivity index (χ3v) is 3.96. The van der Waals surface area contributed by atoms with Crippen molar-refractivity contribution in [3.63, 3.8) is 0 Å². The second-order valence-corrected chi connectivity index (χ2v) is 5.84. The molecule has 0 aliphatic heterocycles. The summed E-state index contributed by atoms with van der Waals surface area (Å²) in [6, 6.07) is 7.96. The maximum atomic E-state index is 11.8. The molecule has 0 bridgehead atoms. The minimum Gasteiger partial charge on any atom is -0.377 e. The number of aromatic nitrogens is 1. The standard InChI is InChI=1S/C15H17N3OS/c1-10(14-8-20-9-16-14)17-12-3-2-4-13(7-12)18-15(19)11-5-6-11/h2-4,7-11,17H,5-6H2,1H3,(H,18,19). The smallest absolute Gasteiger partial charge is 0.227 e. The number of nitrogens with one attached hydrogen (secondary N) is 2. The van der Waals surface area contributed by atoms with Crippen LogP contribution >= 0.6 is 11.3 Å². The maximum absolute atomic E-state index is 11.8. The van der Waals surface area contributed by atoms with Crippen LogP contribution in [0.15, 0.2) is 35.2 Å². The lowest BCUT2D eigenvalue weighted by Gasteiger charge is -2.14. The van der Waals surface area contributed by atoms with E-state index in [1.165, 1.54) is 0 Å². The third kappa shape index (κ3) is 3.17. The summed E-state index contributed by atoms with van der Waals surface area (Å²) in [5, 5.41) is 8.39. The summed E-state index contributed by atoms with van der Waals surface area (Å²) in [6.07, 6.45) is 2.04. The van der Waals surface area contributed by atoms with Crippen molar-refractivity contribution in [2.75, 3.05) is 10.6 Å². The van der Waals surface area contributed by atoms with Gasteiger partial charge in [0, 0.05) is 22.7 Å². The number of carbonyl (C=O) groups is 1. The molecule has 4 nitrogen and oxygen atoms in total. The van der Waals surface area contributed by atoms with E-state index < -0.39 is 0 Å². The highest BCUT2D eigenvalue weighted by Gasteiger charge is 2.29. The van der Waals surface area contributed by atoms with Gasteiger partial charge in [-0.2, -0.15) is 0 Å². The highest BCUT2D eigenvalue weighted by Crippen LogP contribution is 2.30. The average molecular weight is 287 g/mol. The van der Waals surface area contributed by atoms with Crippen LogP contribution in [0.2, 0.25) is 0 Å². The molecule has 1 amide bonds. The Morgan fingerprint density at radius 2 is 2.20 bits per heavy atom. The van der Waals surface area contributed by atoms with Crippen LogP contribution in [-0.2, 0) is 4.79 Å². The molecule has 0 spiro atoms. The molecular formula is C15H17N3OS. The topological polar surface area (TPSA) is 54.0 Å². The Bertz CT molecular complexity index is 593. The predicted octanol–water partition coefficient (Wildman–Crippen LogP) is 3.66. The third-order valence-electron chi connectivity index (χ3n) is 3.36. The fourth-order valence-electron chi connectivity index (χ4n) is 2.04. The molecule has 1 saturated carbocycles. The number of rotatable bonds is 5. The van der Waals surface area contributed by atoms with E-state index in [1.54, 1.807) is 11.3 Å². The zero-order valence-corrected chi connectivity index (χ0v) is 12.1. The number of anilines is 2. The van der Waals surface area contributed by atoms with E-state index >= 15 is 0 Å². The van der Waals surface area contributed by atoms with Gasteiger partial charge >= 0.3 is 0 Å². The van der Waals surface area contributed by atoms with Crippen molar-refractivity contribution in [1.82, 2.24) is 4.98 Å². The summed E-state index contributed by atoms with van der Waals surface area (Å²) in [5.74, 6) is 0.357. The van der Waals surface area contributed by atoms with Crippen LogP contribution in [0.4, 0.5) is 11.4 Å². The molecule has 5 heteroatoms. The molecule has 104 valence electrons. The molecule has 1 atom stereocenters. The number of benzene rings is 1. The van der Waals surface area contributed by atoms with Crippen molar-refractivity contribution in [3.8, 4) is 0 Å². The molecule has 2 aromatic rings. The number of nitrogens with zero attached hydrogens (tertiary/aromatic N) is 1. The Morgan fingerprint density at radius 1 is 1.40 bits per heavy atom. The molecular weight excluding hydrogens is 270 g/mol. The highest BCUT2D eigenvalue weighted by atomic mass is 32.1. The quantitative estimate of drug-likeness (QED) is 0.882. The van der Waals surface area contributed by atoms with Crippen LogP contribution in [0.25, 0.3) is 0 Å². The van der Waals surface area contributed by atoms with Crippen molar-refractivity contribution in [3.05, 3.63) is 40.8 Å². The molecule has 1 aromatic carbocycles. The van der Waals surface area contributed by atoms with Crippen molar-refractivity contribution in [1.29, 1.82) is 0 Å². The predicted molar refractivity (Wildman–Crippen MR) is 81.9 cm³/mol. The molecule has 1 aromatic heterocycles. The number of amides is 1. The molecule has 20 heavy (non-hydrogen) atoms. The van der Waals surface area contributed by atoms with Crippen LogP contribution in [0.1, 0.15) is 31.5 Å². The van der Waals surface area contributed by atoms with Crippen molar-refractivity contribution < 1.29 is 4.79 Å². The van der Waals surface area contributed by atoms with Crippen LogP contribution in [0.5, 0.6) is 0 Å². The lowest BCUT2D eigenvalue weighted by molar-refractivity contribution is -0.117. The number of thiazole rings is 1. The highest BCUT2D eigenvalue weighted by molar-refractivity contribution is 7.07. The second-order valence-electron chi connectivity index (χ2n) is 5.12. The normalized spacial score (nSPS) is 15.7. The van der Waals surface area contributed by atoms with E-state index in [4.69, 9.17) is 0 Å². The minimum atomic E-state index is 0.134. The molecule has 1 unspecified atom stereocenters. The van der Waals surface area contributed by atoms with E-state index in [0.717, 1.165) is 29.9 Å². The zero-order chi connectivity index (χ0) is 13.9. The van der Waals surface area contributed by atoms with Gasteiger partial charge in [0.15, 0.2) is 0 Å². The Hall–Kier alpha value is -1.88. The van der Waals surface area contributed by atoms with E-state index in [0.29, 0.717) is 0 Å². The lowest BCUT2D eigenvalue weighted by atomic mass is 10.2. The van der Waals surface area contributed by atoms with Crippen molar-refractivity contribution in [2.45, 2.75) is 25.8 Å². The summed E-state index contributed by atoms with van der Waals surface area (Å²) >= 11 is 1.59. The number of carbonyl (C=O) groups excluding carboxylic acids is 1. The summed E-state index contributed by atoms with van der Waals surface area (Å²) in [6.45, 7) is 2.07. The molecule has 0 saturated heterocycles. The molecule has 0 radical (unpaired) electrons. The van der Waals surface area contributed by atoms with Gasteiger partial charge in [-0.15, -0.1) is 11.3 Å². The Kier molecular flexibility index (Phi) is 3.69. The van der Waals surface area contributed by atoms with Gasteiger partial charge in [-0.1, -0.05) is 6.07 Å². The van der Waals surface area contributed by atoms with Crippen molar-refractivity contribution in [2.24, 2.45) is 5.92 Å². The maximum Gasteiger partial charge on any atom is 0.227 e. The fourth-order valence-corrected chi connectivity index (χ4v) is 2.68. The van der Waals surface area contributed by atoms with Crippen LogP contribution < -0.4 is 10.6 Å². The SMILES string of the molecule is CC(Nc1cccc(NC(=O)C2CC2)c1)c1cscn1. The van der Waals surface area contributed by atoms with Gasteiger partial charge in [0.05, 0.1) is 17.2 Å². The summed E-state index contributed by atoms with van der Waals surface area (Å²) < 4.78 is 0. The van der Waals surface area contributed by atoms with Gasteiger partial charge in [-0.3, -0.25) is 4.79 Å². The van der Waals surface area contributed by atoms with Crippen molar-refractivity contribution >= 4 is 28.6 Å². The van der Waals surface area contributed by atoms with Gasteiger partial charge in [-0.05, 0) is 38.0 Å². The van der Waals surface area contributed by atoms with E-state index in [2.05, 4.69) is 22.5 Å². The molecule has 1 aliphatic rings. The first-order valence-corrected chi connectivity index (χ1v) is 7.72. The Morgan fingerprint density at radius 3 is 2.90 bits per heavy atom. The molecule has 2 N–H and O–H groups in total. The summed E-state index contributed by atoms with van der Waals surface area (Å²) in [5.41, 5.74) is 4.69. The number of hydrogen-bond donors (Lipinski definition) is 2. The monoisotopic (exact) mass is 287 g/mol. The Labute approximate surface area is 122 Å². The van der Waals surface area contributed by atoms with Crippen LogP contribution in [-0.4, -0.2) is 10.9 Å². The second kappa shape index (κ2) is 5.63.